The number of nitrogens with one attached hydrogen (secondary N) is 4. The van der Waals surface area contributed by atoms with Gasteiger partial charge in [0.1, 0.15) is 0 Å². The van der Waals surface area contributed by atoms with Gasteiger partial charge in [-0.2, -0.15) is 0 Å². The Bertz CT molecular complexity index is 971. The monoisotopic (exact) mass is 409 g/mol. The molecule has 0 aliphatic heterocycles. The predicted octanol–water partition coefficient (Wildman–Crippen LogP) is 3.59. The van der Waals surface area contributed by atoms with Gasteiger partial charge in [-0.25, -0.2) is 4.79 Å². The van der Waals surface area contributed by atoms with Crippen LogP contribution in [0.2, 0.25) is 0 Å². The molecular formula is C21H23N5O2S. The molecule has 0 saturated heterocycles. The summed E-state index contributed by atoms with van der Waals surface area (Å²) in [5.41, 5.74) is 9.14. The summed E-state index contributed by atoms with van der Waals surface area (Å²) in [5, 5.41) is 13.2. The SMILES string of the molecule is CNCCNC(=O)Nc1ccc(C(=O)Nc2cc(-c3cccs3)ccc2N)cc1. The molecule has 1 heterocycles. The number of carbonyl (C=O) groups is 2. The molecule has 0 aliphatic carbocycles. The Morgan fingerprint density at radius 1 is 1.00 bits per heavy atom. The molecular weight excluding hydrogens is 386 g/mol. The first kappa shape index (κ1) is 20.4. The van der Waals surface area contributed by atoms with Crippen molar-refractivity contribution in [2.24, 2.45) is 0 Å². The molecule has 0 spiro atoms. The fourth-order valence-corrected chi connectivity index (χ4v) is 3.36. The second-order valence-corrected chi connectivity index (χ2v) is 7.24. The van der Waals surface area contributed by atoms with Crippen molar-refractivity contribution in [3.8, 4) is 10.4 Å². The van der Waals surface area contributed by atoms with Crippen molar-refractivity contribution in [3.05, 3.63) is 65.5 Å². The van der Waals surface area contributed by atoms with E-state index in [2.05, 4.69) is 21.3 Å². The van der Waals surface area contributed by atoms with Crippen LogP contribution in [0.15, 0.2) is 60.0 Å². The maximum atomic E-state index is 12.6. The highest BCUT2D eigenvalue weighted by molar-refractivity contribution is 7.13. The van der Waals surface area contributed by atoms with Gasteiger partial charge in [0.05, 0.1) is 11.4 Å². The number of amides is 3. The quantitative estimate of drug-likeness (QED) is 0.303. The van der Waals surface area contributed by atoms with E-state index in [1.165, 1.54) is 0 Å². The number of likely N-dealkylation sites (N-methyl/N-ethyl adjacent to an activating group) is 1. The first-order valence-corrected chi connectivity index (χ1v) is 9.99. The summed E-state index contributed by atoms with van der Waals surface area (Å²) in [6.45, 7) is 1.21. The molecule has 1 aromatic heterocycles. The van der Waals surface area contributed by atoms with E-state index in [9.17, 15) is 9.59 Å². The summed E-state index contributed by atoms with van der Waals surface area (Å²) in [7, 11) is 1.81. The number of nitrogen functional groups attached to an aromatic ring is 1. The number of urea groups is 1. The zero-order chi connectivity index (χ0) is 20.6. The van der Waals surface area contributed by atoms with Crippen molar-refractivity contribution in [2.75, 3.05) is 36.5 Å². The van der Waals surface area contributed by atoms with E-state index >= 15 is 0 Å². The topological polar surface area (TPSA) is 108 Å². The molecule has 0 unspecified atom stereocenters. The molecule has 0 aliphatic rings. The Kier molecular flexibility index (Phi) is 6.83. The van der Waals surface area contributed by atoms with E-state index in [1.807, 2.05) is 36.7 Å². The lowest BCUT2D eigenvalue weighted by molar-refractivity contribution is 0.102. The van der Waals surface area contributed by atoms with Crippen molar-refractivity contribution in [2.45, 2.75) is 0 Å². The lowest BCUT2D eigenvalue weighted by Gasteiger charge is -2.11. The van der Waals surface area contributed by atoms with E-state index in [-0.39, 0.29) is 11.9 Å². The molecule has 3 aromatic rings. The summed E-state index contributed by atoms with van der Waals surface area (Å²) < 4.78 is 0. The van der Waals surface area contributed by atoms with Crippen LogP contribution in [0.5, 0.6) is 0 Å². The molecule has 6 N–H and O–H groups in total. The van der Waals surface area contributed by atoms with Crippen molar-refractivity contribution in [1.82, 2.24) is 10.6 Å². The van der Waals surface area contributed by atoms with Crippen molar-refractivity contribution in [3.63, 3.8) is 0 Å². The fourth-order valence-electron chi connectivity index (χ4n) is 2.64. The van der Waals surface area contributed by atoms with Gasteiger partial charge in [0.25, 0.3) is 5.91 Å². The molecule has 3 amide bonds. The van der Waals surface area contributed by atoms with Crippen LogP contribution in [-0.4, -0.2) is 32.1 Å². The van der Waals surface area contributed by atoms with Crippen LogP contribution < -0.4 is 27.0 Å². The second kappa shape index (κ2) is 9.72. The molecule has 29 heavy (non-hydrogen) atoms. The van der Waals surface area contributed by atoms with Crippen LogP contribution in [0.1, 0.15) is 10.4 Å². The van der Waals surface area contributed by atoms with Gasteiger partial charge in [0.2, 0.25) is 0 Å². The van der Waals surface area contributed by atoms with Gasteiger partial charge < -0.3 is 27.0 Å². The van der Waals surface area contributed by atoms with Crippen LogP contribution >= 0.6 is 11.3 Å². The molecule has 0 saturated carbocycles. The van der Waals surface area contributed by atoms with Crippen molar-refractivity contribution >= 4 is 40.3 Å². The number of thiophene rings is 1. The average Bonchev–Trinajstić information content (AvgIpc) is 3.25. The van der Waals surface area contributed by atoms with Gasteiger partial charge in [0, 0.05) is 29.2 Å². The fraction of sp³-hybridized carbons (Fsp3) is 0.143. The van der Waals surface area contributed by atoms with Gasteiger partial charge >= 0.3 is 6.03 Å². The zero-order valence-electron chi connectivity index (χ0n) is 16.0. The van der Waals surface area contributed by atoms with Gasteiger partial charge in [-0.1, -0.05) is 12.1 Å². The Labute approximate surface area is 173 Å². The second-order valence-electron chi connectivity index (χ2n) is 6.30. The highest BCUT2D eigenvalue weighted by Gasteiger charge is 2.10. The van der Waals surface area contributed by atoms with Crippen LogP contribution in [0, 0.1) is 0 Å². The highest BCUT2D eigenvalue weighted by Crippen LogP contribution is 2.30. The maximum absolute atomic E-state index is 12.6. The molecule has 0 radical (unpaired) electrons. The molecule has 3 rings (SSSR count). The summed E-state index contributed by atoms with van der Waals surface area (Å²) in [6, 6.07) is 15.9. The summed E-state index contributed by atoms with van der Waals surface area (Å²) >= 11 is 1.62. The normalized spacial score (nSPS) is 10.4. The molecule has 0 bridgehead atoms. The predicted molar refractivity (Wildman–Crippen MR) is 120 cm³/mol. The number of hydrogen-bond donors (Lipinski definition) is 5. The highest BCUT2D eigenvalue weighted by atomic mass is 32.1. The summed E-state index contributed by atoms with van der Waals surface area (Å²) in [5.74, 6) is -0.273. The Balaban J connectivity index is 1.64. The van der Waals surface area contributed by atoms with Gasteiger partial charge in [-0.3, -0.25) is 4.79 Å². The molecule has 150 valence electrons. The minimum atomic E-state index is -0.296. The standard InChI is InChI=1S/C21H23N5O2S/c1-23-10-11-24-21(28)25-16-7-4-14(5-8-16)20(27)26-18-13-15(6-9-17(18)22)19-3-2-12-29-19/h2-9,12-13,23H,10-11,22H2,1H3,(H,26,27)(H2,24,25,28). The average molecular weight is 410 g/mol. The van der Waals surface area contributed by atoms with Gasteiger partial charge in [0.15, 0.2) is 0 Å². The largest absolute Gasteiger partial charge is 0.397 e. The maximum Gasteiger partial charge on any atom is 0.319 e. The number of benzene rings is 2. The first-order valence-electron chi connectivity index (χ1n) is 9.11. The first-order chi connectivity index (χ1) is 14.1. The smallest absolute Gasteiger partial charge is 0.319 e. The number of anilines is 3. The van der Waals surface area contributed by atoms with Crippen molar-refractivity contribution in [1.29, 1.82) is 0 Å². The van der Waals surface area contributed by atoms with E-state index in [4.69, 9.17) is 5.73 Å². The third kappa shape index (κ3) is 5.56. The minimum Gasteiger partial charge on any atom is -0.397 e. The van der Waals surface area contributed by atoms with E-state index < -0.39 is 0 Å². The number of carbonyl (C=O) groups excluding carboxylic acids is 2. The molecule has 0 atom stereocenters. The molecule has 0 fully saturated rings. The summed E-state index contributed by atoms with van der Waals surface area (Å²) in [6.07, 6.45) is 0. The van der Waals surface area contributed by atoms with Crippen molar-refractivity contribution < 1.29 is 9.59 Å². The van der Waals surface area contributed by atoms with Gasteiger partial charge in [-0.15, -0.1) is 11.3 Å². The third-order valence-electron chi connectivity index (χ3n) is 4.17. The Morgan fingerprint density at radius 3 is 2.48 bits per heavy atom. The minimum absolute atomic E-state index is 0.273. The van der Waals surface area contributed by atoms with E-state index in [0.717, 1.165) is 10.4 Å². The lowest BCUT2D eigenvalue weighted by atomic mass is 10.1. The van der Waals surface area contributed by atoms with Gasteiger partial charge in [-0.05, 0) is 60.5 Å². The Morgan fingerprint density at radius 2 is 1.79 bits per heavy atom. The number of hydrogen-bond acceptors (Lipinski definition) is 5. The Hall–Kier alpha value is -3.36. The van der Waals surface area contributed by atoms with Crippen LogP contribution in [-0.2, 0) is 0 Å². The summed E-state index contributed by atoms with van der Waals surface area (Å²) in [4.78, 5) is 25.5. The van der Waals surface area contributed by atoms with Crippen LogP contribution in [0.4, 0.5) is 21.9 Å². The van der Waals surface area contributed by atoms with E-state index in [1.54, 1.807) is 41.7 Å². The molecule has 2 aromatic carbocycles. The number of nitrogens with two attached hydrogens (primary N) is 1. The number of rotatable bonds is 7. The van der Waals surface area contributed by atoms with E-state index in [0.29, 0.717) is 35.7 Å². The van der Waals surface area contributed by atoms with Crippen LogP contribution in [0.3, 0.4) is 0 Å². The molecule has 8 heteroatoms. The third-order valence-corrected chi connectivity index (χ3v) is 5.09. The zero-order valence-corrected chi connectivity index (χ0v) is 16.8. The lowest BCUT2D eigenvalue weighted by Crippen LogP contribution is -2.33. The molecule has 7 nitrogen and oxygen atoms in total. The van der Waals surface area contributed by atoms with Crippen LogP contribution in [0.25, 0.3) is 10.4 Å².